The molecule has 2 aliphatic rings. The van der Waals surface area contributed by atoms with Gasteiger partial charge in [-0.15, -0.1) is 0 Å². The molecule has 0 unspecified atom stereocenters. The van der Waals surface area contributed by atoms with Gasteiger partial charge in [0.15, 0.2) is 5.65 Å². The largest absolute Gasteiger partial charge is 0.348 e. The Bertz CT molecular complexity index is 1640. The van der Waals surface area contributed by atoms with Gasteiger partial charge in [0.2, 0.25) is 0 Å². The Morgan fingerprint density at radius 3 is 2.68 bits per heavy atom. The highest BCUT2D eigenvalue weighted by atomic mass is 127. The van der Waals surface area contributed by atoms with Crippen LogP contribution in [0.2, 0.25) is 0 Å². The van der Waals surface area contributed by atoms with Crippen LogP contribution in [0.25, 0.3) is 16.7 Å². The predicted octanol–water partition coefficient (Wildman–Crippen LogP) is 3.74. The second kappa shape index (κ2) is 10.1. The van der Waals surface area contributed by atoms with Gasteiger partial charge in [-0.05, 0) is 85.4 Å². The van der Waals surface area contributed by atoms with E-state index < -0.39 is 17.1 Å². The van der Waals surface area contributed by atoms with Crippen LogP contribution in [0, 0.1) is 9.39 Å². The van der Waals surface area contributed by atoms with Gasteiger partial charge in [0.05, 0.1) is 17.3 Å². The fraction of sp³-hybridized carbons (Fsp3) is 0.370. The van der Waals surface area contributed by atoms with E-state index in [2.05, 4.69) is 42.4 Å². The number of nitrogens with one attached hydrogen (secondary N) is 1. The predicted molar refractivity (Wildman–Crippen MR) is 148 cm³/mol. The normalized spacial score (nSPS) is 19.3. The minimum absolute atomic E-state index is 0.0580. The first-order valence-electron chi connectivity index (χ1n) is 12.8. The number of rotatable bonds is 4. The number of imidazole rings is 1. The minimum atomic E-state index is -0.638. The maximum absolute atomic E-state index is 14.1. The highest BCUT2D eigenvalue weighted by Gasteiger charge is 2.29. The zero-order valence-corrected chi connectivity index (χ0v) is 22.7. The van der Waals surface area contributed by atoms with Crippen LogP contribution in [0.4, 0.5) is 4.39 Å². The monoisotopic (exact) mass is 628 g/mol. The summed E-state index contributed by atoms with van der Waals surface area (Å²) in [5.41, 5.74) is 0.0751. The highest BCUT2D eigenvalue weighted by Crippen LogP contribution is 2.28. The number of halogens is 2. The average molecular weight is 628 g/mol. The molecule has 0 spiro atoms. The molecule has 196 valence electrons. The van der Waals surface area contributed by atoms with E-state index in [4.69, 9.17) is 0 Å². The fourth-order valence-electron chi connectivity index (χ4n) is 5.61. The number of hydrogen-bond donors (Lipinski definition) is 1. The van der Waals surface area contributed by atoms with Gasteiger partial charge in [-0.3, -0.25) is 14.2 Å². The molecule has 1 saturated carbocycles. The second-order valence-corrected chi connectivity index (χ2v) is 11.2. The fourth-order valence-corrected chi connectivity index (χ4v) is 6.14. The zero-order chi connectivity index (χ0) is 26.4. The molecule has 1 N–H and O–H groups in total. The van der Waals surface area contributed by atoms with Crippen molar-refractivity contribution in [2.24, 2.45) is 0 Å². The summed E-state index contributed by atoms with van der Waals surface area (Å²) in [4.78, 5) is 48.7. The molecule has 1 fully saturated rings. The van der Waals surface area contributed by atoms with Gasteiger partial charge in [0.1, 0.15) is 17.3 Å². The first kappa shape index (κ1) is 25.0. The van der Waals surface area contributed by atoms with Gasteiger partial charge in [0.25, 0.3) is 11.5 Å². The van der Waals surface area contributed by atoms with Gasteiger partial charge >= 0.3 is 5.69 Å². The lowest BCUT2D eigenvalue weighted by atomic mass is 9.90. The summed E-state index contributed by atoms with van der Waals surface area (Å²) in [5, 5.41) is 3.14. The third-order valence-corrected chi connectivity index (χ3v) is 8.17. The molecule has 1 amide bonds. The first-order valence-corrected chi connectivity index (χ1v) is 13.9. The highest BCUT2D eigenvalue weighted by molar-refractivity contribution is 14.1. The molecule has 4 heterocycles. The molecule has 6 rings (SSSR count). The van der Waals surface area contributed by atoms with Gasteiger partial charge in [-0.1, -0.05) is 6.07 Å². The molecule has 11 heteroatoms. The van der Waals surface area contributed by atoms with Crippen molar-refractivity contribution in [2.45, 2.75) is 63.6 Å². The summed E-state index contributed by atoms with van der Waals surface area (Å²) in [6.07, 6.45) is 8.18. The number of pyridine rings is 1. The van der Waals surface area contributed by atoms with Crippen molar-refractivity contribution in [1.29, 1.82) is 0 Å². The van der Waals surface area contributed by atoms with Crippen LogP contribution in [0.15, 0.2) is 52.3 Å². The molecular weight excluding hydrogens is 602 g/mol. The molecule has 3 aromatic heterocycles. The van der Waals surface area contributed by atoms with Crippen LogP contribution in [0.3, 0.4) is 0 Å². The molecule has 38 heavy (non-hydrogen) atoms. The summed E-state index contributed by atoms with van der Waals surface area (Å²) in [6.45, 7) is 0.889. The molecule has 0 atom stereocenters. The van der Waals surface area contributed by atoms with E-state index in [1.807, 2.05) is 24.4 Å². The maximum atomic E-state index is 14.1. The molecule has 1 aromatic carbocycles. The van der Waals surface area contributed by atoms with E-state index in [1.165, 1.54) is 9.13 Å². The van der Waals surface area contributed by atoms with Crippen LogP contribution in [0.1, 0.15) is 60.9 Å². The van der Waals surface area contributed by atoms with Crippen molar-refractivity contribution in [3.8, 4) is 5.69 Å². The van der Waals surface area contributed by atoms with Crippen molar-refractivity contribution >= 4 is 39.5 Å². The van der Waals surface area contributed by atoms with Gasteiger partial charge in [-0.2, -0.15) is 0 Å². The van der Waals surface area contributed by atoms with Crippen LogP contribution >= 0.6 is 22.6 Å². The quantitative estimate of drug-likeness (QED) is 0.347. The molecule has 9 nitrogen and oxygen atoms in total. The zero-order valence-electron chi connectivity index (χ0n) is 20.6. The van der Waals surface area contributed by atoms with Crippen molar-refractivity contribution in [3.05, 3.63) is 84.5 Å². The SMILES string of the molecule is O=C(NC1CCC(n2c(=O)c3cc(F)cnc3n(-c3cccc(I)c3)c2=O)CC1)c1cn2c(n1)CCCC2. The standard InChI is InChI=1S/C27H26FIN6O3/c28-16-12-21-24(30-14-16)34(20-5-3-4-17(29)13-20)27(38)35(26(21)37)19-9-7-18(8-10-19)31-25(36)22-15-33-11-2-1-6-23(33)32-22/h3-5,12-15,18-19H,1-2,6-11H2,(H,31,36). The van der Waals surface area contributed by atoms with Crippen LogP contribution < -0.4 is 16.6 Å². The lowest BCUT2D eigenvalue weighted by molar-refractivity contribution is 0.0917. The summed E-state index contributed by atoms with van der Waals surface area (Å²) in [7, 11) is 0. The number of fused-ring (bicyclic) bond motifs is 2. The molecule has 0 radical (unpaired) electrons. The lowest BCUT2D eigenvalue weighted by Crippen LogP contribution is -2.45. The Morgan fingerprint density at radius 1 is 1.11 bits per heavy atom. The molecule has 0 saturated heterocycles. The molecule has 0 bridgehead atoms. The molecule has 4 aromatic rings. The van der Waals surface area contributed by atoms with E-state index in [-0.39, 0.29) is 29.0 Å². The molecular formula is C27H26FIN6O3. The Morgan fingerprint density at radius 2 is 1.92 bits per heavy atom. The van der Waals surface area contributed by atoms with Crippen LogP contribution in [-0.2, 0) is 13.0 Å². The molecule has 1 aliphatic carbocycles. The number of benzene rings is 1. The first-order chi connectivity index (χ1) is 18.4. The Kier molecular flexibility index (Phi) is 6.62. The lowest BCUT2D eigenvalue weighted by Gasteiger charge is -2.30. The minimum Gasteiger partial charge on any atom is -0.348 e. The number of carbonyl (C=O) groups is 1. The number of carbonyl (C=O) groups excluding carboxylic acids is 1. The van der Waals surface area contributed by atoms with Gasteiger partial charge in [0, 0.05) is 34.8 Å². The van der Waals surface area contributed by atoms with Gasteiger partial charge < -0.3 is 9.88 Å². The summed E-state index contributed by atoms with van der Waals surface area (Å²) in [5.74, 6) is 0.123. The number of aromatic nitrogens is 5. The van der Waals surface area contributed by atoms with Gasteiger partial charge in [-0.25, -0.2) is 23.7 Å². The third-order valence-electron chi connectivity index (χ3n) is 7.50. The van der Waals surface area contributed by atoms with Crippen molar-refractivity contribution in [2.75, 3.05) is 0 Å². The number of hydrogen-bond acceptors (Lipinski definition) is 5. The van der Waals surface area contributed by atoms with Crippen LogP contribution in [0.5, 0.6) is 0 Å². The van der Waals surface area contributed by atoms with E-state index >= 15 is 0 Å². The Labute approximate surface area is 230 Å². The van der Waals surface area contributed by atoms with E-state index in [0.717, 1.165) is 47.5 Å². The summed E-state index contributed by atoms with van der Waals surface area (Å²) >= 11 is 2.15. The topological polar surface area (TPSA) is 104 Å². The molecule has 1 aliphatic heterocycles. The van der Waals surface area contributed by atoms with Crippen molar-refractivity contribution in [1.82, 2.24) is 29.0 Å². The Balaban J connectivity index is 1.27. The van der Waals surface area contributed by atoms with Crippen molar-refractivity contribution in [3.63, 3.8) is 0 Å². The number of amides is 1. The van der Waals surface area contributed by atoms with E-state index in [0.29, 0.717) is 37.1 Å². The average Bonchev–Trinajstić information content (AvgIpc) is 3.35. The second-order valence-electron chi connectivity index (χ2n) is 9.97. The van der Waals surface area contributed by atoms with Crippen LogP contribution in [-0.4, -0.2) is 35.6 Å². The number of aryl methyl sites for hydroxylation is 2. The summed E-state index contributed by atoms with van der Waals surface area (Å²) in [6, 6.07) is 8.00. The Hall–Kier alpha value is -3.35. The summed E-state index contributed by atoms with van der Waals surface area (Å²) < 4.78 is 19.7. The van der Waals surface area contributed by atoms with Crippen molar-refractivity contribution < 1.29 is 9.18 Å². The van der Waals surface area contributed by atoms with E-state index in [9.17, 15) is 18.8 Å². The maximum Gasteiger partial charge on any atom is 0.337 e. The third kappa shape index (κ3) is 4.56. The van der Waals surface area contributed by atoms with E-state index in [1.54, 1.807) is 6.07 Å². The number of nitrogens with zero attached hydrogens (tertiary/aromatic N) is 5. The smallest absolute Gasteiger partial charge is 0.337 e.